The Morgan fingerprint density at radius 3 is 1.81 bits per heavy atom. The second kappa shape index (κ2) is 28.9. The van der Waals surface area contributed by atoms with Gasteiger partial charge in [-0.3, -0.25) is 43.2 Å². The number of likely N-dealkylation sites (tertiary alicyclic amines) is 2. The first-order valence-electron chi connectivity index (χ1n) is 26.4. The molecule has 23 heteroatoms. The van der Waals surface area contributed by atoms with E-state index in [9.17, 15) is 58.2 Å². The summed E-state index contributed by atoms with van der Waals surface area (Å²) in [4.78, 5) is 141. The third kappa shape index (κ3) is 17.5. The van der Waals surface area contributed by atoms with Crippen LogP contribution in [0.4, 0.5) is 0 Å². The average molecular weight is 1050 g/mol. The predicted molar refractivity (Wildman–Crippen MR) is 278 cm³/mol. The van der Waals surface area contributed by atoms with Gasteiger partial charge in [0.25, 0.3) is 0 Å². The number of nitrogens with two attached hydrogens (primary N) is 2. The third-order valence-corrected chi connectivity index (χ3v) is 13.9. The number of nitrogens with one attached hydrogen (secondary N) is 7. The number of nitrogens with zero attached hydrogens (tertiary/aromatic N) is 2. The van der Waals surface area contributed by atoms with Gasteiger partial charge in [0, 0.05) is 30.2 Å². The van der Waals surface area contributed by atoms with Crippen LogP contribution >= 0.6 is 0 Å². The van der Waals surface area contributed by atoms with Crippen molar-refractivity contribution in [2.75, 3.05) is 19.6 Å². The zero-order valence-corrected chi connectivity index (χ0v) is 44.4. The standard InChI is InChI=1S/C52H81N11O12/c1-8-30(6)43(49(71)58-37(26-42(64)65)46(68)57-36(17-11-12-20-53)45(67)60-39(52(74)75)24-29(4)5)61-48(70)41-19-13-21-62(41)50(72)31(7)56-47(69)40-18-14-22-63(40)51(73)38(23-28(2)3)59-44(66)34(54)25-32-27-55-35-16-10-9-15-33(32)35/h9-10,15-16,27-31,34,36-41,43,55H,8,11-14,17-26,53-54H2,1-7H3,(H,56,69)(H,57,68)(H,58,71)(H,59,66)(H,60,67)(H,61,70)(H,64,65)(H,74,75)/t30-,31-,34-,36-,37-,38-,39-,40-,41-,43-/m0/s1. The number of carboxylic acid groups (broad SMARTS) is 2. The number of carboxylic acids is 2. The van der Waals surface area contributed by atoms with Crippen LogP contribution in [-0.2, 0) is 54.4 Å². The minimum atomic E-state index is -1.73. The highest BCUT2D eigenvalue weighted by molar-refractivity contribution is 5.99. The highest BCUT2D eigenvalue weighted by Crippen LogP contribution is 2.24. The van der Waals surface area contributed by atoms with Crippen molar-refractivity contribution in [3.05, 3.63) is 36.0 Å². The molecule has 0 bridgehead atoms. The molecule has 2 fully saturated rings. The number of benzene rings is 1. The zero-order valence-electron chi connectivity index (χ0n) is 44.4. The van der Waals surface area contributed by atoms with Gasteiger partial charge in [-0.1, -0.05) is 66.2 Å². The highest BCUT2D eigenvalue weighted by Gasteiger charge is 2.42. The van der Waals surface area contributed by atoms with Crippen LogP contribution < -0.4 is 43.4 Å². The maximum absolute atomic E-state index is 14.2. The lowest BCUT2D eigenvalue weighted by Gasteiger charge is -2.32. The van der Waals surface area contributed by atoms with Crippen LogP contribution in [-0.4, -0.2) is 158 Å². The van der Waals surface area contributed by atoms with Gasteiger partial charge in [-0.25, -0.2) is 4.79 Å². The first-order chi connectivity index (χ1) is 35.5. The van der Waals surface area contributed by atoms with E-state index in [1.807, 2.05) is 38.1 Å². The van der Waals surface area contributed by atoms with Crippen molar-refractivity contribution in [2.24, 2.45) is 29.2 Å². The molecule has 13 N–H and O–H groups in total. The molecule has 0 saturated carbocycles. The Bertz CT molecular complexity index is 2340. The summed E-state index contributed by atoms with van der Waals surface area (Å²) in [6, 6.07) is -3.07. The first-order valence-corrected chi connectivity index (χ1v) is 26.4. The quantitative estimate of drug-likeness (QED) is 0.0502. The van der Waals surface area contributed by atoms with Crippen molar-refractivity contribution in [3.8, 4) is 0 Å². The second-order valence-electron chi connectivity index (χ2n) is 20.9. The van der Waals surface area contributed by atoms with E-state index in [4.69, 9.17) is 11.5 Å². The molecule has 0 spiro atoms. The Morgan fingerprint density at radius 1 is 0.680 bits per heavy atom. The van der Waals surface area contributed by atoms with E-state index >= 15 is 0 Å². The van der Waals surface area contributed by atoms with Crippen molar-refractivity contribution in [3.63, 3.8) is 0 Å². The number of hydrogen-bond acceptors (Lipinski definition) is 12. The molecule has 3 heterocycles. The van der Waals surface area contributed by atoms with Crippen LogP contribution in [0.3, 0.4) is 0 Å². The van der Waals surface area contributed by atoms with E-state index in [-0.39, 0.29) is 63.6 Å². The Kier molecular flexibility index (Phi) is 23.5. The SMILES string of the molecule is CC[C@H](C)[C@H](NC(=O)[C@@H]1CCCN1C(=O)[C@H](C)NC(=O)[C@@H]1CCCN1C(=O)[C@H](CC(C)C)NC(=O)[C@@H](N)Cc1c[nH]c2ccccc12)C(=O)N[C@@H](CC(=O)O)C(=O)N[C@@H](CCCCN)C(=O)N[C@@H](CC(C)C)C(=O)O. The molecule has 416 valence electrons. The number of aliphatic carboxylic acids is 2. The Labute approximate surface area is 438 Å². The normalized spacial score (nSPS) is 18.8. The number of H-pyrrole nitrogens is 1. The number of para-hydroxylation sites is 1. The van der Waals surface area contributed by atoms with Gasteiger partial charge in [-0.2, -0.15) is 0 Å². The van der Waals surface area contributed by atoms with Gasteiger partial charge < -0.3 is 68.4 Å². The molecule has 2 aliphatic heterocycles. The van der Waals surface area contributed by atoms with Crippen molar-refractivity contribution >= 4 is 70.1 Å². The fourth-order valence-electron chi connectivity index (χ4n) is 9.62. The smallest absolute Gasteiger partial charge is 0.326 e. The van der Waals surface area contributed by atoms with Crippen LogP contribution in [0.15, 0.2) is 30.5 Å². The first kappa shape index (κ1) is 60.9. The molecule has 0 aliphatic carbocycles. The van der Waals surface area contributed by atoms with Gasteiger partial charge in [0.05, 0.1) is 12.5 Å². The molecule has 10 atom stereocenters. The summed E-state index contributed by atoms with van der Waals surface area (Å²) in [5.74, 6) is -8.98. The van der Waals surface area contributed by atoms with Crippen LogP contribution in [0.5, 0.6) is 0 Å². The number of aromatic nitrogens is 1. The number of rotatable bonds is 29. The summed E-state index contributed by atoms with van der Waals surface area (Å²) in [7, 11) is 0. The molecule has 75 heavy (non-hydrogen) atoms. The van der Waals surface area contributed by atoms with E-state index in [2.05, 4.69) is 36.9 Å². The van der Waals surface area contributed by atoms with Gasteiger partial charge in [0.2, 0.25) is 47.3 Å². The van der Waals surface area contributed by atoms with E-state index in [0.29, 0.717) is 38.5 Å². The molecule has 2 saturated heterocycles. The van der Waals surface area contributed by atoms with Crippen LogP contribution in [0.1, 0.15) is 125 Å². The fourth-order valence-corrected chi connectivity index (χ4v) is 9.62. The minimum Gasteiger partial charge on any atom is -0.481 e. The number of fused-ring (bicyclic) bond motifs is 1. The largest absolute Gasteiger partial charge is 0.481 e. The molecule has 1 aromatic carbocycles. The van der Waals surface area contributed by atoms with E-state index in [1.165, 1.54) is 16.7 Å². The molecule has 2 aliphatic rings. The number of amides is 8. The molecular formula is C52H81N11O12. The van der Waals surface area contributed by atoms with E-state index < -0.39 is 126 Å². The monoisotopic (exact) mass is 1050 g/mol. The van der Waals surface area contributed by atoms with Crippen molar-refractivity contribution in [1.82, 2.24) is 46.7 Å². The number of carbonyl (C=O) groups excluding carboxylic acids is 8. The number of aromatic amines is 1. The summed E-state index contributed by atoms with van der Waals surface area (Å²) in [5, 5.41) is 36.1. The van der Waals surface area contributed by atoms with Gasteiger partial charge in [0.15, 0.2) is 0 Å². The second-order valence-corrected chi connectivity index (χ2v) is 20.9. The summed E-state index contributed by atoms with van der Waals surface area (Å²) >= 11 is 0. The number of carbonyl (C=O) groups is 10. The van der Waals surface area contributed by atoms with Gasteiger partial charge >= 0.3 is 11.9 Å². The number of hydrogen-bond donors (Lipinski definition) is 11. The maximum atomic E-state index is 14.2. The topological polar surface area (TPSA) is 358 Å². The lowest BCUT2D eigenvalue weighted by atomic mass is 9.97. The fraction of sp³-hybridized carbons (Fsp3) is 0.654. The lowest BCUT2D eigenvalue weighted by molar-refractivity contribution is -0.144. The lowest BCUT2D eigenvalue weighted by Crippen LogP contribution is -2.61. The van der Waals surface area contributed by atoms with Crippen LogP contribution in [0.2, 0.25) is 0 Å². The summed E-state index contributed by atoms with van der Waals surface area (Å²) in [6.45, 7) is 12.9. The summed E-state index contributed by atoms with van der Waals surface area (Å²) in [5.41, 5.74) is 13.8. The Hall–Kier alpha value is -6.62. The predicted octanol–water partition coefficient (Wildman–Crippen LogP) is 0.775. The molecule has 2 aromatic rings. The Morgan fingerprint density at radius 2 is 1.23 bits per heavy atom. The average Bonchev–Trinajstić information content (AvgIpc) is 4.15. The maximum Gasteiger partial charge on any atom is 0.326 e. The molecule has 23 nitrogen and oxygen atoms in total. The van der Waals surface area contributed by atoms with Gasteiger partial charge in [-0.15, -0.1) is 0 Å². The number of unbranched alkanes of at least 4 members (excludes halogenated alkanes) is 1. The van der Waals surface area contributed by atoms with E-state index in [1.54, 1.807) is 33.9 Å². The molecule has 0 radical (unpaired) electrons. The zero-order chi connectivity index (χ0) is 55.7. The van der Waals surface area contributed by atoms with E-state index in [0.717, 1.165) is 16.5 Å². The highest BCUT2D eigenvalue weighted by atomic mass is 16.4. The minimum absolute atomic E-state index is 0.00880. The van der Waals surface area contributed by atoms with Gasteiger partial charge in [-0.05, 0) is 107 Å². The van der Waals surface area contributed by atoms with Crippen molar-refractivity contribution in [1.29, 1.82) is 0 Å². The molecule has 4 rings (SSSR count). The van der Waals surface area contributed by atoms with Crippen LogP contribution in [0, 0.1) is 17.8 Å². The summed E-state index contributed by atoms with van der Waals surface area (Å²) < 4.78 is 0. The van der Waals surface area contributed by atoms with Crippen molar-refractivity contribution < 1.29 is 58.2 Å². The summed E-state index contributed by atoms with van der Waals surface area (Å²) in [6.07, 6.45) is 4.13. The van der Waals surface area contributed by atoms with Gasteiger partial charge in [0.1, 0.15) is 48.3 Å². The third-order valence-electron chi connectivity index (χ3n) is 13.9. The van der Waals surface area contributed by atoms with Crippen molar-refractivity contribution in [2.45, 2.75) is 180 Å². The molecule has 0 unspecified atom stereocenters. The Balaban J connectivity index is 1.42. The van der Waals surface area contributed by atoms with Crippen LogP contribution in [0.25, 0.3) is 10.9 Å². The molecule has 1 aromatic heterocycles. The molecule has 8 amide bonds. The molecular weight excluding hydrogens is 971 g/mol.